The lowest BCUT2D eigenvalue weighted by Gasteiger charge is -2.22. The molecular weight excluding hydrogens is 440 g/mol. The van der Waals surface area contributed by atoms with Gasteiger partial charge >= 0.3 is 0 Å². The Labute approximate surface area is 179 Å². The van der Waals surface area contributed by atoms with Crippen LogP contribution in [0.1, 0.15) is 35.2 Å². The third-order valence-electron chi connectivity index (χ3n) is 4.99. The standard InChI is InChI=1S/C22H24BrClN2O2/c23-19-6-4-18(5-7-19)21(27)10-11-22(28)26-13-1-12-25(14-15-26)16-17-2-8-20(24)9-3-17/h2-9H,1,10-16H2. The highest BCUT2D eigenvalue weighted by atomic mass is 79.9. The minimum atomic E-state index is 0.0139. The van der Waals surface area contributed by atoms with Crippen LogP contribution in [0, 0.1) is 0 Å². The molecule has 0 spiro atoms. The number of carbonyl (C=O) groups is 2. The maximum absolute atomic E-state index is 12.6. The number of rotatable bonds is 6. The fourth-order valence-electron chi connectivity index (χ4n) is 3.39. The SMILES string of the molecule is O=C(CCC(=O)N1CCCN(Cc2ccc(Cl)cc2)CC1)c1ccc(Br)cc1. The molecule has 1 aliphatic heterocycles. The number of amides is 1. The summed E-state index contributed by atoms with van der Waals surface area (Å²) in [7, 11) is 0. The molecule has 3 rings (SSSR count). The number of ketones is 1. The second-order valence-electron chi connectivity index (χ2n) is 7.07. The van der Waals surface area contributed by atoms with Gasteiger partial charge in [-0.15, -0.1) is 0 Å². The van der Waals surface area contributed by atoms with Crippen molar-refractivity contribution in [2.75, 3.05) is 26.2 Å². The summed E-state index contributed by atoms with van der Waals surface area (Å²) in [5.41, 5.74) is 1.88. The summed E-state index contributed by atoms with van der Waals surface area (Å²) in [6, 6.07) is 15.2. The van der Waals surface area contributed by atoms with Gasteiger partial charge in [-0.3, -0.25) is 14.5 Å². The summed E-state index contributed by atoms with van der Waals surface area (Å²) in [5.74, 6) is 0.0823. The largest absolute Gasteiger partial charge is 0.341 e. The molecule has 0 atom stereocenters. The van der Waals surface area contributed by atoms with E-state index in [-0.39, 0.29) is 24.5 Å². The van der Waals surface area contributed by atoms with E-state index in [0.29, 0.717) is 12.1 Å². The molecular formula is C22H24BrClN2O2. The lowest BCUT2D eigenvalue weighted by molar-refractivity contribution is -0.131. The number of hydrogen-bond acceptors (Lipinski definition) is 3. The first-order valence-electron chi connectivity index (χ1n) is 9.54. The zero-order valence-corrected chi connectivity index (χ0v) is 18.1. The lowest BCUT2D eigenvalue weighted by atomic mass is 10.1. The van der Waals surface area contributed by atoms with Crippen LogP contribution in [0.4, 0.5) is 0 Å². The first-order valence-corrected chi connectivity index (χ1v) is 10.7. The van der Waals surface area contributed by atoms with E-state index >= 15 is 0 Å². The van der Waals surface area contributed by atoms with Gasteiger partial charge in [0, 0.05) is 60.6 Å². The summed E-state index contributed by atoms with van der Waals surface area (Å²) in [6.07, 6.45) is 1.47. The van der Waals surface area contributed by atoms with Crippen LogP contribution < -0.4 is 0 Å². The summed E-state index contributed by atoms with van der Waals surface area (Å²) in [5, 5.41) is 0.745. The number of hydrogen-bond donors (Lipinski definition) is 0. The second-order valence-corrected chi connectivity index (χ2v) is 8.42. The normalized spacial score (nSPS) is 15.3. The van der Waals surface area contributed by atoms with Gasteiger partial charge < -0.3 is 4.90 Å². The van der Waals surface area contributed by atoms with Crippen molar-refractivity contribution in [1.29, 1.82) is 0 Å². The summed E-state index contributed by atoms with van der Waals surface area (Å²) >= 11 is 9.31. The fourth-order valence-corrected chi connectivity index (χ4v) is 3.78. The van der Waals surface area contributed by atoms with E-state index in [1.165, 1.54) is 5.56 Å². The third-order valence-corrected chi connectivity index (χ3v) is 5.77. The summed E-state index contributed by atoms with van der Waals surface area (Å²) in [6.45, 7) is 4.13. The van der Waals surface area contributed by atoms with Crippen molar-refractivity contribution in [2.24, 2.45) is 0 Å². The van der Waals surface area contributed by atoms with E-state index in [9.17, 15) is 9.59 Å². The van der Waals surface area contributed by atoms with Crippen molar-refractivity contribution in [1.82, 2.24) is 9.80 Å². The van der Waals surface area contributed by atoms with E-state index in [0.717, 1.165) is 42.1 Å². The monoisotopic (exact) mass is 462 g/mol. The number of halogens is 2. The van der Waals surface area contributed by atoms with Crippen LogP contribution in [0.25, 0.3) is 0 Å². The van der Waals surface area contributed by atoms with Crippen LogP contribution in [0.3, 0.4) is 0 Å². The summed E-state index contributed by atoms with van der Waals surface area (Å²) in [4.78, 5) is 29.1. The Kier molecular flexibility index (Phi) is 7.65. The minimum Gasteiger partial charge on any atom is -0.341 e. The third kappa shape index (κ3) is 6.16. The maximum atomic E-state index is 12.6. The molecule has 0 aliphatic carbocycles. The van der Waals surface area contributed by atoms with Gasteiger partial charge in [0.2, 0.25) is 5.91 Å². The molecule has 28 heavy (non-hydrogen) atoms. The Morgan fingerprint density at radius 2 is 1.61 bits per heavy atom. The molecule has 1 fully saturated rings. The van der Waals surface area contributed by atoms with Crippen molar-refractivity contribution in [3.05, 3.63) is 69.2 Å². The molecule has 0 N–H and O–H groups in total. The number of benzene rings is 2. The van der Waals surface area contributed by atoms with Crippen LogP contribution in [-0.4, -0.2) is 47.7 Å². The Morgan fingerprint density at radius 3 is 2.32 bits per heavy atom. The van der Waals surface area contributed by atoms with Gasteiger partial charge in [0.15, 0.2) is 5.78 Å². The lowest BCUT2D eigenvalue weighted by Crippen LogP contribution is -2.35. The molecule has 0 aromatic heterocycles. The molecule has 0 saturated carbocycles. The van der Waals surface area contributed by atoms with E-state index in [2.05, 4.69) is 20.8 Å². The van der Waals surface area contributed by atoms with E-state index in [1.807, 2.05) is 41.3 Å². The van der Waals surface area contributed by atoms with Gasteiger partial charge in [0.25, 0.3) is 0 Å². The van der Waals surface area contributed by atoms with Crippen molar-refractivity contribution < 1.29 is 9.59 Å². The van der Waals surface area contributed by atoms with E-state index in [1.54, 1.807) is 12.1 Å². The molecule has 148 valence electrons. The van der Waals surface area contributed by atoms with Gasteiger partial charge in [-0.2, -0.15) is 0 Å². The highest BCUT2D eigenvalue weighted by molar-refractivity contribution is 9.10. The number of nitrogens with zero attached hydrogens (tertiary/aromatic N) is 2. The predicted molar refractivity (Wildman–Crippen MR) is 116 cm³/mol. The molecule has 0 unspecified atom stereocenters. The first-order chi connectivity index (χ1) is 13.5. The molecule has 1 heterocycles. The molecule has 0 radical (unpaired) electrons. The number of carbonyl (C=O) groups excluding carboxylic acids is 2. The van der Waals surface area contributed by atoms with Crippen molar-refractivity contribution in [3.63, 3.8) is 0 Å². The molecule has 2 aromatic carbocycles. The Bertz CT molecular complexity index is 808. The molecule has 2 aromatic rings. The van der Waals surface area contributed by atoms with Crippen LogP contribution >= 0.6 is 27.5 Å². The molecule has 4 nitrogen and oxygen atoms in total. The van der Waals surface area contributed by atoms with Gasteiger partial charge in [-0.1, -0.05) is 51.8 Å². The van der Waals surface area contributed by atoms with Crippen LogP contribution in [-0.2, 0) is 11.3 Å². The van der Waals surface area contributed by atoms with Crippen LogP contribution in [0.2, 0.25) is 5.02 Å². The fraction of sp³-hybridized carbons (Fsp3) is 0.364. The molecule has 1 amide bonds. The van der Waals surface area contributed by atoms with Crippen molar-refractivity contribution in [2.45, 2.75) is 25.8 Å². The van der Waals surface area contributed by atoms with Gasteiger partial charge in [-0.25, -0.2) is 0 Å². The maximum Gasteiger partial charge on any atom is 0.223 e. The van der Waals surface area contributed by atoms with Gasteiger partial charge in [-0.05, 0) is 36.2 Å². The average molecular weight is 464 g/mol. The second kappa shape index (κ2) is 10.2. The Balaban J connectivity index is 1.46. The van der Waals surface area contributed by atoms with Crippen LogP contribution in [0.15, 0.2) is 53.0 Å². The molecule has 6 heteroatoms. The zero-order valence-electron chi connectivity index (χ0n) is 15.7. The smallest absolute Gasteiger partial charge is 0.223 e. The predicted octanol–water partition coefficient (Wildman–Crippen LogP) is 4.80. The average Bonchev–Trinajstić information content (AvgIpc) is 2.94. The topological polar surface area (TPSA) is 40.6 Å². The van der Waals surface area contributed by atoms with Crippen molar-refractivity contribution in [3.8, 4) is 0 Å². The Morgan fingerprint density at radius 1 is 0.893 bits per heavy atom. The van der Waals surface area contributed by atoms with Gasteiger partial charge in [0.1, 0.15) is 0 Å². The molecule has 0 bridgehead atoms. The van der Waals surface area contributed by atoms with E-state index < -0.39 is 0 Å². The number of Topliss-reactive ketones (excluding diaryl/α,β-unsaturated/α-hetero) is 1. The molecule has 1 aliphatic rings. The molecule has 1 saturated heterocycles. The Hall–Kier alpha value is -1.69. The quantitative estimate of drug-likeness (QED) is 0.578. The van der Waals surface area contributed by atoms with Crippen LogP contribution in [0.5, 0.6) is 0 Å². The zero-order chi connectivity index (χ0) is 19.9. The van der Waals surface area contributed by atoms with E-state index in [4.69, 9.17) is 11.6 Å². The van der Waals surface area contributed by atoms with Crippen molar-refractivity contribution >= 4 is 39.2 Å². The van der Waals surface area contributed by atoms with Gasteiger partial charge in [0.05, 0.1) is 0 Å². The highest BCUT2D eigenvalue weighted by Crippen LogP contribution is 2.15. The minimum absolute atomic E-state index is 0.0139. The highest BCUT2D eigenvalue weighted by Gasteiger charge is 2.20. The first kappa shape index (κ1) is 21.0. The summed E-state index contributed by atoms with van der Waals surface area (Å²) < 4.78 is 0.938.